The summed E-state index contributed by atoms with van der Waals surface area (Å²) >= 11 is 33.3. The van der Waals surface area contributed by atoms with Crippen molar-refractivity contribution >= 4 is 131 Å². The van der Waals surface area contributed by atoms with Crippen molar-refractivity contribution in [3.63, 3.8) is 0 Å². The third kappa shape index (κ3) is 26.1. The molecule has 3 atom stereocenters. The molecule has 0 heterocycles. The van der Waals surface area contributed by atoms with E-state index in [1.54, 1.807) is 0 Å². The molecule has 0 saturated heterocycles. The fourth-order valence-electron chi connectivity index (χ4n) is 2.25. The summed E-state index contributed by atoms with van der Waals surface area (Å²) in [6.45, 7) is 0. The fraction of sp³-hybridized carbons (Fsp3) is 0.250. The Kier molecular flexibility index (Phi) is 28.5. The average Bonchev–Trinajstić information content (AvgIpc) is 2.88. The molecule has 3 unspecified atom stereocenters. The van der Waals surface area contributed by atoms with Crippen LogP contribution >= 0.6 is 115 Å². The van der Waals surface area contributed by atoms with Crippen LogP contribution in [-0.4, -0.2) is 33.0 Å². The molecular weight excluding hydrogens is 766 g/mol. The van der Waals surface area contributed by atoms with E-state index in [4.69, 9.17) is 89.0 Å². The van der Waals surface area contributed by atoms with E-state index in [0.29, 0.717) is 0 Å². The van der Waals surface area contributed by atoms with E-state index >= 15 is 0 Å². The zero-order valence-electron chi connectivity index (χ0n) is 18.9. The van der Waals surface area contributed by atoms with Crippen LogP contribution in [0.3, 0.4) is 0 Å². The van der Waals surface area contributed by atoms with Gasteiger partial charge in [-0.2, -0.15) is 0 Å². The Morgan fingerprint density at radius 3 is 0.806 bits per heavy atom. The Morgan fingerprint density at radius 2 is 0.639 bits per heavy atom. The van der Waals surface area contributed by atoms with Gasteiger partial charge in [-0.15, -0.1) is 69.6 Å². The molecule has 3 aromatic carbocycles. The van der Waals surface area contributed by atoms with E-state index in [-0.39, 0.29) is 29.7 Å². The molecule has 0 aliphatic carbocycles. The van der Waals surface area contributed by atoms with Crippen molar-refractivity contribution < 1.29 is 15.1 Å². The molecule has 0 radical (unpaired) electrons. The van der Waals surface area contributed by atoms with Gasteiger partial charge in [0.05, 0.1) is 0 Å². The van der Waals surface area contributed by atoms with Crippen molar-refractivity contribution in [1.29, 1.82) is 0 Å². The van der Waals surface area contributed by atoms with Crippen molar-refractivity contribution in [3.05, 3.63) is 91.0 Å². The van der Waals surface area contributed by atoms with Crippen molar-refractivity contribution in [3.8, 4) is 0 Å². The zero-order chi connectivity index (χ0) is 27.0. The van der Waals surface area contributed by atoms with E-state index in [0.717, 1.165) is 44.2 Å². The Bertz CT molecular complexity index is 735. The second kappa shape index (κ2) is 27.1. The number of alkyl halides is 6. The molecule has 0 spiro atoms. The Balaban J connectivity index is 0.000000483. The maximum atomic E-state index is 5.60. The second-order valence-corrected chi connectivity index (χ2v) is 17.0. The van der Waals surface area contributed by atoms with Crippen LogP contribution in [0.1, 0.15) is 0 Å². The number of hydrogen-bond acceptors (Lipinski definition) is 0. The number of rotatable bonds is 9. The minimum atomic E-state index is -0.346. The molecule has 3 aromatic rings. The molecule has 0 aliphatic rings. The summed E-state index contributed by atoms with van der Waals surface area (Å²) in [6.07, 6.45) is 2.56. The topological polar surface area (TPSA) is 0 Å². The SMILES string of the molecule is ClC(Cl)CPc1ccccc1.ClC(Cl)CPc1ccccc1.ClC(Cl)CPc1ccccc1.[Cl][Ru][Cl]. The second-order valence-electron chi connectivity index (χ2n) is 6.46. The van der Waals surface area contributed by atoms with Crippen LogP contribution in [0.2, 0.25) is 0 Å². The number of halogens is 8. The third-order valence-electron chi connectivity index (χ3n) is 3.70. The molecule has 3 rings (SSSR count). The monoisotopic (exact) mass is 790 g/mol. The van der Waals surface area contributed by atoms with Crippen LogP contribution in [-0.2, 0) is 15.1 Å². The molecule has 0 aromatic heterocycles. The molecule has 36 heavy (non-hydrogen) atoms. The van der Waals surface area contributed by atoms with Crippen molar-refractivity contribution in [2.75, 3.05) is 18.5 Å². The summed E-state index contributed by atoms with van der Waals surface area (Å²) in [5.41, 5.74) is 0. The number of benzene rings is 3. The van der Waals surface area contributed by atoms with Gasteiger partial charge in [0.2, 0.25) is 0 Å². The zero-order valence-corrected chi connectivity index (χ0v) is 29.7. The molecule has 12 heteroatoms. The Morgan fingerprint density at radius 1 is 0.444 bits per heavy atom. The standard InChI is InChI=1S/3C8H9Cl2P.2ClH.Ru/c3*9-8(10)6-11-7-4-2-1-3-5-7;;;/h3*1-5,8,11H,6H2;2*1H;/q;;;;;+2/p-2. The van der Waals surface area contributed by atoms with Gasteiger partial charge < -0.3 is 0 Å². The van der Waals surface area contributed by atoms with Gasteiger partial charge in [-0.1, -0.05) is 117 Å². The molecule has 0 bridgehead atoms. The maximum absolute atomic E-state index is 5.60. The number of hydrogen-bond donors (Lipinski definition) is 0. The van der Waals surface area contributed by atoms with Crippen molar-refractivity contribution in [1.82, 2.24) is 0 Å². The molecular formula is C24H27Cl8P3Ru. The molecule has 0 amide bonds. The Hall–Kier alpha value is 1.89. The summed E-state index contributed by atoms with van der Waals surface area (Å²) in [6, 6.07) is 30.7. The van der Waals surface area contributed by atoms with Crippen LogP contribution in [0, 0.1) is 0 Å². The summed E-state index contributed by atoms with van der Waals surface area (Å²) in [4.78, 5) is -0.685. The summed E-state index contributed by atoms with van der Waals surface area (Å²) in [7, 11) is 11.9. The first kappa shape index (κ1) is 37.9. The van der Waals surface area contributed by atoms with Crippen molar-refractivity contribution in [2.45, 2.75) is 14.5 Å². The van der Waals surface area contributed by atoms with E-state index in [1.165, 1.54) is 15.9 Å². The van der Waals surface area contributed by atoms with E-state index in [9.17, 15) is 0 Å². The average molecular weight is 793 g/mol. The summed E-state index contributed by atoms with van der Waals surface area (Å²) in [5.74, 6) is 0. The normalized spacial score (nSPS) is 11.2. The van der Waals surface area contributed by atoms with Crippen LogP contribution in [0.4, 0.5) is 0 Å². The van der Waals surface area contributed by atoms with Crippen molar-refractivity contribution in [2.24, 2.45) is 0 Å². The molecule has 0 aliphatic heterocycles. The molecule has 0 fully saturated rings. The van der Waals surface area contributed by atoms with E-state index in [2.05, 4.69) is 36.4 Å². The van der Waals surface area contributed by atoms with Crippen LogP contribution in [0.5, 0.6) is 0 Å². The molecule has 0 N–H and O–H groups in total. The summed E-state index contributed by atoms with van der Waals surface area (Å²) in [5, 5.41) is 3.96. The molecule has 0 saturated carbocycles. The van der Waals surface area contributed by atoms with Crippen LogP contribution < -0.4 is 15.9 Å². The van der Waals surface area contributed by atoms with Gasteiger partial charge in [-0.3, -0.25) is 0 Å². The Labute approximate surface area is 267 Å². The van der Waals surface area contributed by atoms with Gasteiger partial charge >= 0.3 is 34.5 Å². The first-order valence-electron chi connectivity index (χ1n) is 10.3. The first-order valence-corrected chi connectivity index (χ1v) is 21.1. The first-order chi connectivity index (χ1) is 17.3. The summed E-state index contributed by atoms with van der Waals surface area (Å²) < 4.78 is 0. The fourth-order valence-corrected chi connectivity index (χ4v) is 6.10. The van der Waals surface area contributed by atoms with Crippen LogP contribution in [0.15, 0.2) is 91.0 Å². The van der Waals surface area contributed by atoms with Gasteiger partial charge in [0.15, 0.2) is 0 Å². The minimum absolute atomic E-state index is 0.228. The predicted octanol–water partition coefficient (Wildman–Crippen LogP) is 9.76. The van der Waals surface area contributed by atoms with Gasteiger partial charge in [0.1, 0.15) is 14.5 Å². The van der Waals surface area contributed by atoms with E-state index < -0.39 is 0 Å². The van der Waals surface area contributed by atoms with E-state index in [1.807, 2.05) is 54.6 Å². The molecule has 202 valence electrons. The quantitative estimate of drug-likeness (QED) is 0.115. The molecule has 0 nitrogen and oxygen atoms in total. The van der Waals surface area contributed by atoms with Crippen LogP contribution in [0.25, 0.3) is 0 Å². The van der Waals surface area contributed by atoms with Gasteiger partial charge in [0, 0.05) is 0 Å². The third-order valence-corrected chi connectivity index (χ3v) is 10.2. The van der Waals surface area contributed by atoms with Gasteiger partial charge in [-0.25, -0.2) is 0 Å². The predicted molar refractivity (Wildman–Crippen MR) is 176 cm³/mol. The van der Waals surface area contributed by atoms with Gasteiger partial charge in [0.25, 0.3) is 0 Å². The van der Waals surface area contributed by atoms with Gasteiger partial charge in [-0.05, 0) is 34.4 Å².